The first kappa shape index (κ1) is 28.2. The van der Waals surface area contributed by atoms with Gasteiger partial charge < -0.3 is 35.7 Å². The maximum absolute atomic E-state index is 12.8. The Morgan fingerprint density at radius 3 is 2.62 bits per heavy atom. The Hall–Kier alpha value is -3.85. The summed E-state index contributed by atoms with van der Waals surface area (Å²) in [5.74, 6) is 0.603. The summed E-state index contributed by atoms with van der Waals surface area (Å²) >= 11 is 0. The van der Waals surface area contributed by atoms with Crippen molar-refractivity contribution in [1.82, 2.24) is 15.6 Å². The number of aromatic nitrogens is 1. The van der Waals surface area contributed by atoms with Crippen molar-refractivity contribution in [2.24, 2.45) is 0 Å². The van der Waals surface area contributed by atoms with Gasteiger partial charge >= 0.3 is 0 Å². The van der Waals surface area contributed by atoms with Crippen LogP contribution in [-0.2, 0) is 19.6 Å². The van der Waals surface area contributed by atoms with Crippen LogP contribution in [0.25, 0.3) is 10.9 Å². The molecule has 2 atom stereocenters. The maximum atomic E-state index is 12.8. The largest absolute Gasteiger partial charge is 0.508 e. The number of aromatic hydroxyl groups is 1. The monoisotopic (exact) mass is 531 g/mol. The molecule has 0 saturated heterocycles. The van der Waals surface area contributed by atoms with Crippen LogP contribution in [0.15, 0.2) is 66.7 Å². The van der Waals surface area contributed by atoms with Gasteiger partial charge in [0.25, 0.3) is 5.91 Å². The maximum Gasteiger partial charge on any atom is 0.267 e. The van der Waals surface area contributed by atoms with Gasteiger partial charge in [0.05, 0.1) is 19.3 Å². The summed E-state index contributed by atoms with van der Waals surface area (Å²) in [6.07, 6.45) is 0.864. The van der Waals surface area contributed by atoms with Crippen LogP contribution in [0.3, 0.4) is 0 Å². The number of fused-ring (bicyclic) bond motifs is 1. The number of para-hydroxylation sites is 1. The number of hydrogen-bond donors (Lipinski definition) is 6. The van der Waals surface area contributed by atoms with Crippen molar-refractivity contribution in [3.63, 3.8) is 0 Å². The molecule has 3 aromatic carbocycles. The molecule has 0 radical (unpaired) electrons. The summed E-state index contributed by atoms with van der Waals surface area (Å²) in [5.41, 5.74) is 4.47. The molecule has 1 heterocycles. The first-order valence-electron chi connectivity index (χ1n) is 13.4. The highest BCUT2D eigenvalue weighted by Gasteiger charge is 2.15. The van der Waals surface area contributed by atoms with Crippen LogP contribution < -0.4 is 15.4 Å². The fraction of sp³-hybridized carbons (Fsp3) is 0.323. The summed E-state index contributed by atoms with van der Waals surface area (Å²) in [4.78, 5) is 16.1. The molecule has 0 aliphatic carbocycles. The Morgan fingerprint density at radius 2 is 1.85 bits per heavy atom. The number of nitrogens with one attached hydrogen (secondary N) is 3. The minimum Gasteiger partial charge on any atom is -0.508 e. The smallest absolute Gasteiger partial charge is 0.267 e. The SMILES string of the molecule is CCOc1ccccc1CNC(=O)c1cc2cc(C[C@H](CC)NC[C@@H](O)c3ccc(O)c(CO)c3)ccc2[nH]1. The van der Waals surface area contributed by atoms with E-state index in [2.05, 4.69) is 28.6 Å². The van der Waals surface area contributed by atoms with Gasteiger partial charge in [0.2, 0.25) is 0 Å². The van der Waals surface area contributed by atoms with Crippen molar-refractivity contribution in [1.29, 1.82) is 0 Å². The lowest BCUT2D eigenvalue weighted by Crippen LogP contribution is -2.34. The van der Waals surface area contributed by atoms with Crippen LogP contribution in [0.2, 0.25) is 0 Å². The second kappa shape index (κ2) is 13.3. The van der Waals surface area contributed by atoms with E-state index in [0.717, 1.165) is 40.6 Å². The molecule has 0 unspecified atom stereocenters. The fourth-order valence-electron chi connectivity index (χ4n) is 4.63. The number of amides is 1. The van der Waals surface area contributed by atoms with E-state index in [1.807, 2.05) is 49.4 Å². The lowest BCUT2D eigenvalue weighted by Gasteiger charge is -2.20. The summed E-state index contributed by atoms with van der Waals surface area (Å²) in [6, 6.07) is 20.6. The molecule has 8 heteroatoms. The van der Waals surface area contributed by atoms with Gasteiger partial charge in [-0.1, -0.05) is 37.3 Å². The van der Waals surface area contributed by atoms with Gasteiger partial charge in [-0.3, -0.25) is 4.79 Å². The first-order valence-corrected chi connectivity index (χ1v) is 13.4. The number of phenols is 1. The van der Waals surface area contributed by atoms with E-state index < -0.39 is 6.10 Å². The molecule has 8 nitrogen and oxygen atoms in total. The van der Waals surface area contributed by atoms with Gasteiger partial charge in [0.15, 0.2) is 0 Å². The molecule has 0 aliphatic heterocycles. The van der Waals surface area contributed by atoms with Gasteiger partial charge in [0.1, 0.15) is 17.2 Å². The zero-order valence-corrected chi connectivity index (χ0v) is 22.4. The number of benzene rings is 3. The van der Waals surface area contributed by atoms with Crippen LogP contribution in [0, 0.1) is 0 Å². The van der Waals surface area contributed by atoms with E-state index in [4.69, 9.17) is 4.74 Å². The molecule has 206 valence electrons. The van der Waals surface area contributed by atoms with Gasteiger partial charge in [0, 0.05) is 41.2 Å². The fourth-order valence-corrected chi connectivity index (χ4v) is 4.63. The Bertz CT molecular complexity index is 1400. The topological polar surface area (TPSA) is 127 Å². The Balaban J connectivity index is 1.36. The number of carbonyl (C=O) groups excluding carboxylic acids is 1. The highest BCUT2D eigenvalue weighted by Crippen LogP contribution is 2.23. The van der Waals surface area contributed by atoms with Crippen LogP contribution in [0.5, 0.6) is 11.5 Å². The van der Waals surface area contributed by atoms with Crippen molar-refractivity contribution in [2.45, 2.75) is 52.0 Å². The normalized spacial score (nSPS) is 12.8. The molecule has 39 heavy (non-hydrogen) atoms. The molecule has 0 spiro atoms. The van der Waals surface area contributed by atoms with Gasteiger partial charge in [-0.2, -0.15) is 0 Å². The lowest BCUT2D eigenvalue weighted by atomic mass is 10.0. The lowest BCUT2D eigenvalue weighted by molar-refractivity contribution is 0.0946. The molecule has 0 bridgehead atoms. The summed E-state index contributed by atoms with van der Waals surface area (Å²) in [7, 11) is 0. The minimum absolute atomic E-state index is 0.0144. The van der Waals surface area contributed by atoms with Crippen LogP contribution >= 0.6 is 0 Å². The molecule has 6 N–H and O–H groups in total. The third-order valence-electron chi connectivity index (χ3n) is 6.88. The van der Waals surface area contributed by atoms with E-state index in [1.165, 1.54) is 6.07 Å². The number of hydrogen-bond acceptors (Lipinski definition) is 6. The third-order valence-corrected chi connectivity index (χ3v) is 6.88. The zero-order chi connectivity index (χ0) is 27.8. The van der Waals surface area contributed by atoms with Crippen molar-refractivity contribution in [3.8, 4) is 11.5 Å². The average Bonchev–Trinajstić information content (AvgIpc) is 3.38. The van der Waals surface area contributed by atoms with E-state index in [-0.39, 0.29) is 24.3 Å². The second-order valence-electron chi connectivity index (χ2n) is 9.61. The van der Waals surface area contributed by atoms with Crippen molar-refractivity contribution in [3.05, 3.63) is 94.7 Å². The molecule has 4 aromatic rings. The predicted octanol–water partition coefficient (Wildman–Crippen LogP) is 4.34. The van der Waals surface area contributed by atoms with E-state index in [0.29, 0.717) is 36.5 Å². The summed E-state index contributed by atoms with van der Waals surface area (Å²) in [6.45, 7) is 5.02. The molecule has 0 aliphatic rings. The van der Waals surface area contributed by atoms with E-state index in [1.54, 1.807) is 12.1 Å². The number of aromatic amines is 1. The Labute approximate surface area is 228 Å². The molecule has 1 amide bonds. The van der Waals surface area contributed by atoms with Crippen molar-refractivity contribution < 1.29 is 24.9 Å². The first-order chi connectivity index (χ1) is 18.9. The second-order valence-corrected chi connectivity index (χ2v) is 9.61. The summed E-state index contributed by atoms with van der Waals surface area (Å²) in [5, 5.41) is 37.1. The number of rotatable bonds is 13. The molecule has 0 saturated carbocycles. The quantitative estimate of drug-likeness (QED) is 0.152. The molecule has 1 aromatic heterocycles. The number of ether oxygens (including phenoxy) is 1. The molecular formula is C31H37N3O5. The average molecular weight is 532 g/mol. The minimum atomic E-state index is -0.765. The van der Waals surface area contributed by atoms with E-state index in [9.17, 15) is 20.1 Å². The number of carbonyl (C=O) groups is 1. The number of aliphatic hydroxyl groups excluding tert-OH is 2. The predicted molar refractivity (Wildman–Crippen MR) is 152 cm³/mol. The van der Waals surface area contributed by atoms with Crippen LogP contribution in [-0.4, -0.2) is 45.4 Å². The Kier molecular flexibility index (Phi) is 9.59. The molecule has 4 rings (SSSR count). The van der Waals surface area contributed by atoms with Crippen molar-refractivity contribution >= 4 is 16.8 Å². The standard InChI is InChI=1S/C31H37N3O5/c1-3-25(32-18-29(37)21-10-12-28(36)24(15-21)19-35)14-20-9-11-26-23(13-20)16-27(34-26)31(38)33-17-22-7-5-6-8-30(22)39-4-2/h5-13,15-16,25,29,32,34-37H,3-4,14,17-19H2,1-2H3,(H,33,38)/t25-,29+/m0/s1. The number of H-pyrrole nitrogens is 1. The summed E-state index contributed by atoms with van der Waals surface area (Å²) < 4.78 is 5.65. The highest BCUT2D eigenvalue weighted by molar-refractivity contribution is 5.98. The van der Waals surface area contributed by atoms with Gasteiger partial charge in [-0.05, 0) is 67.3 Å². The van der Waals surface area contributed by atoms with Crippen LogP contribution in [0.1, 0.15) is 59.1 Å². The van der Waals surface area contributed by atoms with E-state index >= 15 is 0 Å². The molecular weight excluding hydrogens is 494 g/mol. The highest BCUT2D eigenvalue weighted by atomic mass is 16.5. The van der Waals surface area contributed by atoms with Crippen molar-refractivity contribution in [2.75, 3.05) is 13.2 Å². The molecule has 0 fully saturated rings. The van der Waals surface area contributed by atoms with Gasteiger partial charge in [-0.25, -0.2) is 0 Å². The van der Waals surface area contributed by atoms with Crippen LogP contribution in [0.4, 0.5) is 0 Å². The number of aliphatic hydroxyl groups is 2. The third kappa shape index (κ3) is 7.17. The Morgan fingerprint density at radius 1 is 1.03 bits per heavy atom. The zero-order valence-electron chi connectivity index (χ0n) is 22.4. The van der Waals surface area contributed by atoms with Gasteiger partial charge in [-0.15, -0.1) is 0 Å².